The van der Waals surface area contributed by atoms with Crippen LogP contribution in [0, 0.1) is 17.1 Å². The molecular formula is C21H20ClFN6O2. The van der Waals surface area contributed by atoms with Crippen molar-refractivity contribution in [3.05, 3.63) is 58.8 Å². The van der Waals surface area contributed by atoms with Crippen LogP contribution in [0.1, 0.15) is 40.3 Å². The van der Waals surface area contributed by atoms with Crippen LogP contribution in [0.4, 0.5) is 10.2 Å². The normalized spacial score (nSPS) is 15.4. The lowest BCUT2D eigenvalue weighted by Gasteiger charge is -2.23. The number of nitrogens with zero attached hydrogens (tertiary/aromatic N) is 5. The first-order valence-electron chi connectivity index (χ1n) is 9.23. The number of benzene rings is 1. The van der Waals surface area contributed by atoms with Crippen LogP contribution >= 0.6 is 12.4 Å². The number of aromatic nitrogens is 3. The minimum atomic E-state index is -0.671. The van der Waals surface area contributed by atoms with Crippen molar-refractivity contribution in [2.24, 2.45) is 7.05 Å². The van der Waals surface area contributed by atoms with Crippen molar-refractivity contribution in [3.8, 4) is 22.9 Å². The van der Waals surface area contributed by atoms with E-state index < -0.39 is 11.9 Å². The van der Waals surface area contributed by atoms with E-state index >= 15 is 0 Å². The van der Waals surface area contributed by atoms with Crippen LogP contribution in [-0.2, 0) is 13.6 Å². The highest BCUT2D eigenvalue weighted by atomic mass is 35.5. The molecule has 0 saturated carbocycles. The predicted molar refractivity (Wildman–Crippen MR) is 114 cm³/mol. The Morgan fingerprint density at radius 1 is 1.32 bits per heavy atom. The summed E-state index contributed by atoms with van der Waals surface area (Å²) in [4.78, 5) is 18.8. The number of nitriles is 1. The molecule has 1 aliphatic rings. The third-order valence-corrected chi connectivity index (χ3v) is 5.12. The van der Waals surface area contributed by atoms with Gasteiger partial charge in [-0.2, -0.15) is 10.4 Å². The van der Waals surface area contributed by atoms with Crippen LogP contribution in [0.3, 0.4) is 0 Å². The van der Waals surface area contributed by atoms with E-state index in [2.05, 4.69) is 16.2 Å². The average molecular weight is 443 g/mol. The van der Waals surface area contributed by atoms with Gasteiger partial charge < -0.3 is 15.4 Å². The number of anilines is 1. The lowest BCUT2D eigenvalue weighted by Crippen LogP contribution is -2.28. The molecule has 1 atom stereocenters. The van der Waals surface area contributed by atoms with Crippen LogP contribution in [0.25, 0.3) is 11.1 Å². The number of amides is 1. The summed E-state index contributed by atoms with van der Waals surface area (Å²) in [5, 5.41) is 14.1. The molecule has 0 aliphatic carbocycles. The number of halogens is 2. The van der Waals surface area contributed by atoms with Crippen molar-refractivity contribution in [3.63, 3.8) is 0 Å². The Balaban J connectivity index is 0.00000272. The second-order valence-corrected chi connectivity index (χ2v) is 7.17. The predicted octanol–water partition coefficient (Wildman–Crippen LogP) is 3.22. The lowest BCUT2D eigenvalue weighted by molar-refractivity contribution is 0.0778. The maximum atomic E-state index is 14.0. The summed E-state index contributed by atoms with van der Waals surface area (Å²) in [7, 11) is 3.29. The molecule has 2 bridgehead atoms. The fraction of sp³-hybridized carbons (Fsp3) is 0.238. The van der Waals surface area contributed by atoms with Gasteiger partial charge in [-0.15, -0.1) is 12.4 Å². The second kappa shape index (κ2) is 8.24. The van der Waals surface area contributed by atoms with Crippen LogP contribution < -0.4 is 10.5 Å². The molecule has 160 valence electrons. The summed E-state index contributed by atoms with van der Waals surface area (Å²) in [6, 6.07) is 7.79. The molecule has 8 nitrogen and oxygen atoms in total. The second-order valence-electron chi connectivity index (χ2n) is 7.17. The first-order valence-corrected chi connectivity index (χ1v) is 9.23. The van der Waals surface area contributed by atoms with Crippen molar-refractivity contribution in [2.45, 2.75) is 19.6 Å². The van der Waals surface area contributed by atoms with Gasteiger partial charge in [0.2, 0.25) is 0 Å². The number of carbonyl (C=O) groups is 1. The number of ether oxygens (including phenoxy) is 1. The highest BCUT2D eigenvalue weighted by molar-refractivity contribution is 5.95. The maximum absolute atomic E-state index is 14.0. The standard InChI is InChI=1S/C21H19FN6O2.ClH/c1-11-15-7-13(22)4-5-14(15)21(29)27(2)10-16-19(17(8-23)28(3)26-16)12-6-18(30-11)20(24)25-9-12;/h4-7,9,11H,10H2,1-3H3,(H2,24,25);1H/t11-;/m1./s1. The SMILES string of the molecule is C[C@H]1Oc2cc(cnc2N)-c2c(nn(C)c2C#N)CN(C)C(=O)c2ccc(F)cc21.Cl. The summed E-state index contributed by atoms with van der Waals surface area (Å²) >= 11 is 0. The molecule has 0 radical (unpaired) electrons. The van der Waals surface area contributed by atoms with Gasteiger partial charge >= 0.3 is 0 Å². The van der Waals surface area contributed by atoms with Crippen molar-refractivity contribution >= 4 is 24.1 Å². The first kappa shape index (κ1) is 22.1. The van der Waals surface area contributed by atoms with E-state index in [1.165, 1.54) is 34.0 Å². The lowest BCUT2D eigenvalue weighted by atomic mass is 10.00. The average Bonchev–Trinajstić information content (AvgIpc) is 3.03. The third-order valence-electron chi connectivity index (χ3n) is 5.12. The molecule has 0 spiro atoms. The molecule has 0 saturated heterocycles. The number of hydrogen-bond donors (Lipinski definition) is 1. The molecule has 3 aromatic rings. The van der Waals surface area contributed by atoms with Crippen LogP contribution in [0.2, 0.25) is 0 Å². The quantitative estimate of drug-likeness (QED) is 0.572. The van der Waals surface area contributed by atoms with Gasteiger partial charge in [0, 0.05) is 42.5 Å². The topological polar surface area (TPSA) is 110 Å². The summed E-state index contributed by atoms with van der Waals surface area (Å²) < 4.78 is 21.4. The Bertz CT molecular complexity index is 1220. The van der Waals surface area contributed by atoms with Gasteiger partial charge in [0.15, 0.2) is 11.6 Å². The Morgan fingerprint density at radius 2 is 2.06 bits per heavy atom. The highest BCUT2D eigenvalue weighted by Crippen LogP contribution is 2.35. The summed E-state index contributed by atoms with van der Waals surface area (Å²) in [6.07, 6.45) is 0.866. The summed E-state index contributed by atoms with van der Waals surface area (Å²) in [5.74, 6) is -0.369. The van der Waals surface area contributed by atoms with Crippen molar-refractivity contribution in [2.75, 3.05) is 12.8 Å². The molecule has 0 fully saturated rings. The Labute approximate surface area is 184 Å². The van der Waals surface area contributed by atoms with Crippen LogP contribution in [0.5, 0.6) is 5.75 Å². The number of nitrogens with two attached hydrogens (primary N) is 1. The Morgan fingerprint density at radius 3 is 2.77 bits per heavy atom. The maximum Gasteiger partial charge on any atom is 0.254 e. The van der Waals surface area contributed by atoms with Gasteiger partial charge in [0.05, 0.1) is 12.2 Å². The molecule has 0 unspecified atom stereocenters. The van der Waals surface area contributed by atoms with Crippen molar-refractivity contribution < 1.29 is 13.9 Å². The van der Waals surface area contributed by atoms with Crippen molar-refractivity contribution in [1.29, 1.82) is 5.26 Å². The van der Waals surface area contributed by atoms with E-state index in [1.807, 2.05) is 0 Å². The number of rotatable bonds is 0. The van der Waals surface area contributed by atoms with Crippen LogP contribution in [0.15, 0.2) is 30.5 Å². The molecule has 2 N–H and O–H groups in total. The Hall–Kier alpha value is -3.64. The van der Waals surface area contributed by atoms with Gasteiger partial charge in [-0.1, -0.05) is 0 Å². The molecular weight excluding hydrogens is 423 g/mol. The zero-order valence-electron chi connectivity index (χ0n) is 17.1. The zero-order valence-corrected chi connectivity index (χ0v) is 17.9. The zero-order chi connectivity index (χ0) is 21.6. The molecule has 10 heteroatoms. The van der Waals surface area contributed by atoms with E-state index in [9.17, 15) is 14.4 Å². The van der Waals surface area contributed by atoms with E-state index in [0.29, 0.717) is 33.6 Å². The molecule has 2 aromatic heterocycles. The summed E-state index contributed by atoms with van der Waals surface area (Å²) in [6.45, 7) is 1.86. The molecule has 31 heavy (non-hydrogen) atoms. The van der Waals surface area contributed by atoms with Crippen molar-refractivity contribution in [1.82, 2.24) is 19.7 Å². The molecule has 1 amide bonds. The molecule has 1 aromatic carbocycles. The van der Waals surface area contributed by atoms with Gasteiger partial charge in [-0.25, -0.2) is 9.37 Å². The monoisotopic (exact) mass is 442 g/mol. The number of hydrogen-bond acceptors (Lipinski definition) is 6. The number of carbonyl (C=O) groups excluding carboxylic acids is 1. The van der Waals surface area contributed by atoms with Gasteiger partial charge in [-0.3, -0.25) is 9.48 Å². The highest BCUT2D eigenvalue weighted by Gasteiger charge is 2.26. The molecule has 1 aliphatic heterocycles. The van der Waals surface area contributed by atoms with Crippen LogP contribution in [-0.4, -0.2) is 32.6 Å². The van der Waals surface area contributed by atoms with Gasteiger partial charge in [-0.05, 0) is 31.2 Å². The minimum Gasteiger partial charge on any atom is -0.482 e. The largest absolute Gasteiger partial charge is 0.482 e. The fourth-order valence-corrected chi connectivity index (χ4v) is 3.63. The third kappa shape index (κ3) is 3.78. The van der Waals surface area contributed by atoms with E-state index in [1.54, 1.807) is 27.1 Å². The molecule has 4 rings (SSSR count). The fourth-order valence-electron chi connectivity index (χ4n) is 3.63. The van der Waals surface area contributed by atoms with Gasteiger partial charge in [0.25, 0.3) is 5.91 Å². The number of pyridine rings is 1. The van der Waals surface area contributed by atoms with E-state index in [-0.39, 0.29) is 36.4 Å². The molecule has 3 heterocycles. The number of aryl methyl sites for hydroxylation is 1. The van der Waals surface area contributed by atoms with E-state index in [4.69, 9.17) is 10.5 Å². The Kier molecular flexibility index (Phi) is 5.86. The number of nitrogen functional groups attached to an aromatic ring is 1. The summed E-state index contributed by atoms with van der Waals surface area (Å²) in [5.41, 5.74) is 8.72. The van der Waals surface area contributed by atoms with E-state index in [0.717, 1.165) is 0 Å². The number of fused-ring (bicyclic) bond motifs is 5. The minimum absolute atomic E-state index is 0. The smallest absolute Gasteiger partial charge is 0.254 e. The van der Waals surface area contributed by atoms with Gasteiger partial charge in [0.1, 0.15) is 23.7 Å². The first-order chi connectivity index (χ1) is 14.3.